The fourth-order valence-electron chi connectivity index (χ4n) is 3.00. The summed E-state index contributed by atoms with van der Waals surface area (Å²) in [6, 6.07) is 21.5. The number of carbonyl (C=O) groups is 1. The summed E-state index contributed by atoms with van der Waals surface area (Å²) < 4.78 is 30.6. The predicted octanol–water partition coefficient (Wildman–Crippen LogP) is 5.31. The van der Waals surface area contributed by atoms with Crippen LogP contribution in [0.1, 0.15) is 19.4 Å². The van der Waals surface area contributed by atoms with Gasteiger partial charge in [0.05, 0.1) is 11.0 Å². The van der Waals surface area contributed by atoms with Crippen molar-refractivity contribution >= 4 is 19.4 Å². The second kappa shape index (κ2) is 11.4. The first kappa shape index (κ1) is 25.0. The third kappa shape index (κ3) is 7.43. The Morgan fingerprint density at radius 1 is 0.912 bits per heavy atom. The molecule has 1 N–H and O–H groups in total. The van der Waals surface area contributed by atoms with Crippen LogP contribution in [0.3, 0.4) is 0 Å². The van der Waals surface area contributed by atoms with Gasteiger partial charge in [-0.2, -0.15) is 5.09 Å². The van der Waals surface area contributed by atoms with Crippen LogP contribution in [0.5, 0.6) is 11.5 Å². The van der Waals surface area contributed by atoms with Crippen molar-refractivity contribution in [1.29, 1.82) is 0 Å². The molecule has 34 heavy (non-hydrogen) atoms. The molecule has 0 aliphatic rings. The molecule has 2 atom stereocenters. The molecule has 178 valence electrons. The van der Waals surface area contributed by atoms with Crippen molar-refractivity contribution in [3.63, 3.8) is 0 Å². The highest BCUT2D eigenvalue weighted by atomic mass is 31.2. The number of hydrogen-bond acceptors (Lipinski definition) is 7. The van der Waals surface area contributed by atoms with Crippen molar-refractivity contribution in [2.45, 2.75) is 32.4 Å². The average Bonchev–Trinajstić information content (AvgIpc) is 2.80. The third-order valence-electron chi connectivity index (χ3n) is 4.47. The Kier molecular flexibility index (Phi) is 8.40. The van der Waals surface area contributed by atoms with E-state index in [0.717, 1.165) is 5.56 Å². The highest BCUT2D eigenvalue weighted by Gasteiger charge is 2.36. The van der Waals surface area contributed by atoms with Gasteiger partial charge in [0.1, 0.15) is 17.5 Å². The van der Waals surface area contributed by atoms with Crippen LogP contribution in [-0.2, 0) is 20.5 Å². The number of benzene rings is 3. The first-order chi connectivity index (χ1) is 16.2. The lowest BCUT2D eigenvalue weighted by Gasteiger charge is -2.25. The molecule has 0 bridgehead atoms. The average molecular weight is 484 g/mol. The molecule has 0 radical (unpaired) electrons. The van der Waals surface area contributed by atoms with E-state index in [1.54, 1.807) is 44.2 Å². The molecule has 0 amide bonds. The van der Waals surface area contributed by atoms with Crippen molar-refractivity contribution in [1.82, 2.24) is 5.09 Å². The number of hydrogen-bond donors (Lipinski definition) is 1. The summed E-state index contributed by atoms with van der Waals surface area (Å²) in [5.74, 6) is -0.313. The molecule has 0 saturated carbocycles. The lowest BCUT2D eigenvalue weighted by atomic mass is 10.1. The van der Waals surface area contributed by atoms with Gasteiger partial charge in [0.25, 0.3) is 5.69 Å². The van der Waals surface area contributed by atoms with Gasteiger partial charge in [-0.15, -0.1) is 0 Å². The van der Waals surface area contributed by atoms with Crippen LogP contribution in [0, 0.1) is 10.1 Å². The maximum Gasteiger partial charge on any atom is 0.513 e. The maximum atomic E-state index is 13.9. The SMILES string of the molecule is CC(C)OC(=O)C(Cc1ccccc1)NP(=O)(Oc1ccccc1)Oc1ccc([N+](=O)[O-])cc1. The van der Waals surface area contributed by atoms with Crippen molar-refractivity contribution in [3.05, 3.63) is 101 Å². The van der Waals surface area contributed by atoms with Gasteiger partial charge in [0.2, 0.25) is 0 Å². The number of non-ortho nitro benzene ring substituents is 1. The second-order valence-corrected chi connectivity index (χ2v) is 9.22. The van der Waals surface area contributed by atoms with Crippen molar-refractivity contribution < 1.29 is 28.1 Å². The zero-order chi connectivity index (χ0) is 24.6. The van der Waals surface area contributed by atoms with Crippen molar-refractivity contribution in [2.24, 2.45) is 0 Å². The summed E-state index contributed by atoms with van der Waals surface area (Å²) in [6.45, 7) is 3.43. The van der Waals surface area contributed by atoms with E-state index in [-0.39, 0.29) is 23.6 Å². The number of carbonyl (C=O) groups excluding carboxylic acids is 1. The van der Waals surface area contributed by atoms with E-state index >= 15 is 0 Å². The van der Waals surface area contributed by atoms with Crippen LogP contribution in [0.2, 0.25) is 0 Å². The molecule has 0 aliphatic heterocycles. The molecule has 3 aromatic rings. The summed E-state index contributed by atoms with van der Waals surface area (Å²) in [4.78, 5) is 23.3. The normalized spacial score (nSPS) is 13.5. The summed E-state index contributed by atoms with van der Waals surface area (Å²) in [6.07, 6.45) is -0.226. The molecule has 9 nitrogen and oxygen atoms in total. The summed E-state index contributed by atoms with van der Waals surface area (Å²) in [7, 11) is -4.21. The standard InChI is InChI=1S/C24H25N2O7P/c1-18(2)31-24(27)23(17-19-9-5-3-6-10-19)25-34(30,32-21-11-7-4-8-12-21)33-22-15-13-20(14-16-22)26(28)29/h3-16,18,23H,17H2,1-2H3,(H,25,30). The molecule has 0 heterocycles. The van der Waals surface area contributed by atoms with Gasteiger partial charge in [-0.25, -0.2) is 4.57 Å². The number of rotatable bonds is 11. The van der Waals surface area contributed by atoms with Crippen LogP contribution < -0.4 is 14.1 Å². The molecule has 0 aliphatic carbocycles. The Hall–Kier alpha value is -3.68. The Bertz CT molecular complexity index is 1140. The van der Waals surface area contributed by atoms with Gasteiger partial charge in [0, 0.05) is 12.1 Å². The van der Waals surface area contributed by atoms with E-state index < -0.39 is 30.8 Å². The minimum Gasteiger partial charge on any atom is -0.462 e. The van der Waals surface area contributed by atoms with Crippen LogP contribution in [0.15, 0.2) is 84.9 Å². The zero-order valence-electron chi connectivity index (χ0n) is 18.7. The van der Waals surface area contributed by atoms with Gasteiger partial charge in [0.15, 0.2) is 0 Å². The van der Waals surface area contributed by atoms with Crippen molar-refractivity contribution in [3.8, 4) is 11.5 Å². The number of nitro benzene ring substituents is 1. The Morgan fingerprint density at radius 2 is 1.44 bits per heavy atom. The first-order valence-electron chi connectivity index (χ1n) is 10.5. The molecule has 0 fully saturated rings. The third-order valence-corrected chi connectivity index (χ3v) is 6.01. The van der Waals surface area contributed by atoms with E-state index in [0.29, 0.717) is 0 Å². The second-order valence-electron chi connectivity index (χ2n) is 7.60. The topological polar surface area (TPSA) is 117 Å². The van der Waals surface area contributed by atoms with E-state index in [2.05, 4.69) is 5.09 Å². The van der Waals surface area contributed by atoms with Gasteiger partial charge < -0.3 is 13.8 Å². The molecule has 3 aromatic carbocycles. The quantitative estimate of drug-likeness (QED) is 0.168. The fourth-order valence-corrected chi connectivity index (χ4v) is 4.52. The lowest BCUT2D eigenvalue weighted by molar-refractivity contribution is -0.384. The van der Waals surface area contributed by atoms with Gasteiger partial charge in [-0.3, -0.25) is 14.9 Å². The number of nitrogens with one attached hydrogen (secondary N) is 1. The van der Waals surface area contributed by atoms with E-state index in [1.807, 2.05) is 30.3 Å². The van der Waals surface area contributed by atoms with Crippen LogP contribution in [-0.4, -0.2) is 23.0 Å². The number of ether oxygens (including phenoxy) is 1. The maximum absolute atomic E-state index is 13.9. The minimum atomic E-state index is -4.21. The molecule has 0 spiro atoms. The predicted molar refractivity (Wildman–Crippen MR) is 127 cm³/mol. The van der Waals surface area contributed by atoms with E-state index in [4.69, 9.17) is 13.8 Å². The van der Waals surface area contributed by atoms with Crippen LogP contribution in [0.4, 0.5) is 5.69 Å². The molecule has 2 unspecified atom stereocenters. The molecular weight excluding hydrogens is 459 g/mol. The molecule has 10 heteroatoms. The first-order valence-corrected chi connectivity index (χ1v) is 12.1. The van der Waals surface area contributed by atoms with Crippen LogP contribution in [0.25, 0.3) is 0 Å². The smallest absolute Gasteiger partial charge is 0.462 e. The fraction of sp³-hybridized carbons (Fsp3) is 0.208. The van der Waals surface area contributed by atoms with E-state index in [1.165, 1.54) is 24.3 Å². The summed E-state index contributed by atoms with van der Waals surface area (Å²) >= 11 is 0. The summed E-state index contributed by atoms with van der Waals surface area (Å²) in [5, 5.41) is 13.7. The number of nitrogens with zero attached hydrogens (tertiary/aromatic N) is 1. The molecule has 0 aromatic heterocycles. The van der Waals surface area contributed by atoms with Crippen LogP contribution >= 0.6 is 7.75 Å². The van der Waals surface area contributed by atoms with Gasteiger partial charge in [-0.05, 0) is 50.1 Å². The highest BCUT2D eigenvalue weighted by Crippen LogP contribution is 2.45. The monoisotopic (exact) mass is 484 g/mol. The number of esters is 1. The largest absolute Gasteiger partial charge is 0.513 e. The molecule has 3 rings (SSSR count). The van der Waals surface area contributed by atoms with Gasteiger partial charge >= 0.3 is 13.7 Å². The molecule has 0 saturated heterocycles. The van der Waals surface area contributed by atoms with Crippen molar-refractivity contribution in [2.75, 3.05) is 0 Å². The lowest BCUT2D eigenvalue weighted by Crippen LogP contribution is -2.40. The summed E-state index contributed by atoms with van der Waals surface area (Å²) in [5.41, 5.74) is 0.656. The minimum absolute atomic E-state index is 0.0630. The molecular formula is C24H25N2O7P. The van der Waals surface area contributed by atoms with E-state index in [9.17, 15) is 19.5 Å². The number of para-hydroxylation sites is 1. The Labute approximate surface area is 197 Å². The van der Waals surface area contributed by atoms with Gasteiger partial charge in [-0.1, -0.05) is 48.5 Å². The zero-order valence-corrected chi connectivity index (χ0v) is 19.6. The Morgan fingerprint density at radius 3 is 1.97 bits per heavy atom. The Balaban J connectivity index is 1.91. The number of nitro groups is 1. The highest BCUT2D eigenvalue weighted by molar-refractivity contribution is 7.52.